The first-order valence-electron chi connectivity index (χ1n) is 8.96. The summed E-state index contributed by atoms with van der Waals surface area (Å²) in [5, 5.41) is 0. The molecule has 25 heavy (non-hydrogen) atoms. The fourth-order valence-electron chi connectivity index (χ4n) is 3.76. The largest absolute Gasteiger partial charge is 0.495 e. The van der Waals surface area contributed by atoms with Crippen molar-refractivity contribution in [2.24, 2.45) is 5.92 Å². The Morgan fingerprint density at radius 1 is 1.24 bits per heavy atom. The summed E-state index contributed by atoms with van der Waals surface area (Å²) in [4.78, 5) is 6.99. The highest BCUT2D eigenvalue weighted by Crippen LogP contribution is 2.35. The Balaban J connectivity index is 1.78. The van der Waals surface area contributed by atoms with Crippen LogP contribution in [0.5, 0.6) is 11.5 Å². The van der Waals surface area contributed by atoms with E-state index in [2.05, 4.69) is 49.0 Å². The van der Waals surface area contributed by atoms with Gasteiger partial charge < -0.3 is 9.47 Å². The van der Waals surface area contributed by atoms with Crippen LogP contribution < -0.4 is 9.47 Å². The number of likely N-dealkylation sites (N-methyl/N-ethyl adjacent to an activating group) is 1. The summed E-state index contributed by atoms with van der Waals surface area (Å²) in [7, 11) is 3.88. The van der Waals surface area contributed by atoms with E-state index in [0.29, 0.717) is 18.6 Å². The Kier molecular flexibility index (Phi) is 5.28. The zero-order chi connectivity index (χ0) is 18.0. The molecular weight excluding hydrogens is 312 g/mol. The van der Waals surface area contributed by atoms with E-state index in [1.54, 1.807) is 7.11 Å². The van der Waals surface area contributed by atoms with Gasteiger partial charge in [0.2, 0.25) is 0 Å². The monoisotopic (exact) mass is 340 g/mol. The number of nitrogens with zero attached hydrogens (tertiary/aromatic N) is 2. The van der Waals surface area contributed by atoms with Crippen LogP contribution in [0.2, 0.25) is 0 Å². The van der Waals surface area contributed by atoms with Crippen molar-refractivity contribution in [3.8, 4) is 11.5 Å². The fourth-order valence-corrected chi connectivity index (χ4v) is 3.76. The summed E-state index contributed by atoms with van der Waals surface area (Å²) in [6.07, 6.45) is 1.07. The lowest BCUT2D eigenvalue weighted by Gasteiger charge is -2.37. The molecule has 1 aromatic heterocycles. The standard InChI is InChI=1S/C21H28N2O2/c1-14(2)21-18-8-7-17(12-16(18)10-11-23(21)4)25-13-19-20(24-5)9-6-15(3)22-19/h6-9,12,14,21H,10-11,13H2,1-5H3/t21-/m0/s1. The van der Waals surface area contributed by atoms with Gasteiger partial charge in [-0.15, -0.1) is 0 Å². The molecule has 0 amide bonds. The van der Waals surface area contributed by atoms with Crippen LogP contribution in [0.25, 0.3) is 0 Å². The van der Waals surface area contributed by atoms with E-state index in [4.69, 9.17) is 9.47 Å². The van der Waals surface area contributed by atoms with Gasteiger partial charge in [-0.1, -0.05) is 19.9 Å². The highest BCUT2D eigenvalue weighted by atomic mass is 16.5. The third-order valence-electron chi connectivity index (χ3n) is 4.94. The van der Waals surface area contributed by atoms with Crippen molar-refractivity contribution in [1.82, 2.24) is 9.88 Å². The average Bonchev–Trinajstić information content (AvgIpc) is 2.59. The molecule has 1 atom stereocenters. The van der Waals surface area contributed by atoms with Crippen molar-refractivity contribution >= 4 is 0 Å². The fraction of sp³-hybridized carbons (Fsp3) is 0.476. The molecule has 4 heteroatoms. The minimum Gasteiger partial charge on any atom is -0.495 e. The molecule has 0 fully saturated rings. The van der Waals surface area contributed by atoms with E-state index in [1.807, 2.05) is 19.1 Å². The molecule has 1 aliphatic rings. The first-order valence-corrected chi connectivity index (χ1v) is 8.96. The Bertz CT molecular complexity index is 743. The number of ether oxygens (including phenoxy) is 2. The second-order valence-corrected chi connectivity index (χ2v) is 7.17. The number of aryl methyl sites for hydroxylation is 1. The van der Waals surface area contributed by atoms with Crippen molar-refractivity contribution in [2.75, 3.05) is 20.7 Å². The van der Waals surface area contributed by atoms with Gasteiger partial charge >= 0.3 is 0 Å². The molecule has 2 heterocycles. The Hall–Kier alpha value is -2.07. The zero-order valence-corrected chi connectivity index (χ0v) is 15.9. The minimum absolute atomic E-state index is 0.414. The van der Waals surface area contributed by atoms with Gasteiger partial charge in [0.05, 0.1) is 7.11 Å². The Morgan fingerprint density at radius 3 is 2.76 bits per heavy atom. The molecule has 0 aliphatic carbocycles. The van der Waals surface area contributed by atoms with Gasteiger partial charge in [-0.05, 0) is 61.7 Å². The molecule has 0 saturated carbocycles. The first kappa shape index (κ1) is 17.7. The van der Waals surface area contributed by atoms with E-state index in [1.165, 1.54) is 11.1 Å². The summed E-state index contributed by atoms with van der Waals surface area (Å²) in [6.45, 7) is 8.06. The van der Waals surface area contributed by atoms with Crippen LogP contribution in [0.1, 0.15) is 42.4 Å². The van der Waals surface area contributed by atoms with Crippen LogP contribution in [0.4, 0.5) is 0 Å². The highest BCUT2D eigenvalue weighted by Gasteiger charge is 2.27. The van der Waals surface area contributed by atoms with Crippen LogP contribution in [-0.4, -0.2) is 30.6 Å². The Labute approximate surface area is 150 Å². The lowest BCUT2D eigenvalue weighted by atomic mass is 9.86. The van der Waals surface area contributed by atoms with E-state index >= 15 is 0 Å². The summed E-state index contributed by atoms with van der Waals surface area (Å²) in [5.74, 6) is 2.26. The molecule has 0 bridgehead atoms. The van der Waals surface area contributed by atoms with Crippen LogP contribution in [0.3, 0.4) is 0 Å². The summed E-state index contributed by atoms with van der Waals surface area (Å²) in [5.41, 5.74) is 4.63. The van der Waals surface area contributed by atoms with Crippen molar-refractivity contribution in [2.45, 2.75) is 39.8 Å². The van der Waals surface area contributed by atoms with E-state index in [-0.39, 0.29) is 0 Å². The number of hydrogen-bond donors (Lipinski definition) is 0. The minimum atomic E-state index is 0.414. The second-order valence-electron chi connectivity index (χ2n) is 7.17. The maximum atomic E-state index is 6.02. The average molecular weight is 340 g/mol. The predicted octanol–water partition coefficient (Wildman–Crippen LogP) is 4.16. The maximum Gasteiger partial charge on any atom is 0.143 e. The van der Waals surface area contributed by atoms with Gasteiger partial charge in [0.25, 0.3) is 0 Å². The number of methoxy groups -OCH3 is 1. The summed E-state index contributed by atoms with van der Waals surface area (Å²) in [6, 6.07) is 10.9. The maximum absolute atomic E-state index is 6.02. The number of hydrogen-bond acceptors (Lipinski definition) is 4. The molecule has 0 saturated heterocycles. The number of aromatic nitrogens is 1. The van der Waals surface area contributed by atoms with Crippen molar-refractivity contribution in [1.29, 1.82) is 0 Å². The smallest absolute Gasteiger partial charge is 0.143 e. The topological polar surface area (TPSA) is 34.6 Å². The number of rotatable bonds is 5. The summed E-state index contributed by atoms with van der Waals surface area (Å²) >= 11 is 0. The summed E-state index contributed by atoms with van der Waals surface area (Å²) < 4.78 is 11.4. The van der Waals surface area contributed by atoms with Gasteiger partial charge in [-0.25, -0.2) is 0 Å². The molecule has 0 radical (unpaired) electrons. The van der Waals surface area contributed by atoms with Crippen molar-refractivity contribution in [3.05, 3.63) is 52.8 Å². The quantitative estimate of drug-likeness (QED) is 0.818. The van der Waals surface area contributed by atoms with E-state index in [0.717, 1.165) is 35.9 Å². The molecule has 0 unspecified atom stereocenters. The third kappa shape index (κ3) is 3.79. The first-order chi connectivity index (χ1) is 12.0. The molecule has 1 aromatic carbocycles. The van der Waals surface area contributed by atoms with Crippen LogP contribution in [0, 0.1) is 12.8 Å². The van der Waals surface area contributed by atoms with Crippen LogP contribution in [-0.2, 0) is 13.0 Å². The van der Waals surface area contributed by atoms with E-state index < -0.39 is 0 Å². The Morgan fingerprint density at radius 2 is 2.04 bits per heavy atom. The SMILES string of the molecule is COc1ccc(C)nc1COc1ccc2c(c1)CCN(C)[C@H]2C(C)C. The van der Waals surface area contributed by atoms with Crippen molar-refractivity contribution < 1.29 is 9.47 Å². The van der Waals surface area contributed by atoms with Gasteiger partial charge in [0.1, 0.15) is 23.8 Å². The van der Waals surface area contributed by atoms with Crippen molar-refractivity contribution in [3.63, 3.8) is 0 Å². The molecule has 3 rings (SSSR count). The highest BCUT2D eigenvalue weighted by molar-refractivity contribution is 5.40. The normalized spacial score (nSPS) is 17.4. The van der Waals surface area contributed by atoms with Gasteiger partial charge in [-0.3, -0.25) is 9.88 Å². The van der Waals surface area contributed by atoms with Gasteiger partial charge in [-0.2, -0.15) is 0 Å². The van der Waals surface area contributed by atoms with Gasteiger partial charge in [0, 0.05) is 18.3 Å². The molecular formula is C21H28N2O2. The molecule has 2 aromatic rings. The zero-order valence-electron chi connectivity index (χ0n) is 15.9. The molecule has 1 aliphatic heterocycles. The number of fused-ring (bicyclic) bond motifs is 1. The van der Waals surface area contributed by atoms with Crippen LogP contribution in [0.15, 0.2) is 30.3 Å². The van der Waals surface area contributed by atoms with Gasteiger partial charge in [0.15, 0.2) is 0 Å². The number of pyridine rings is 1. The third-order valence-corrected chi connectivity index (χ3v) is 4.94. The second kappa shape index (κ2) is 7.44. The molecule has 134 valence electrons. The molecule has 4 nitrogen and oxygen atoms in total. The molecule has 0 spiro atoms. The van der Waals surface area contributed by atoms with E-state index in [9.17, 15) is 0 Å². The molecule has 0 N–H and O–H groups in total. The predicted molar refractivity (Wildman–Crippen MR) is 100 cm³/mol. The lowest BCUT2D eigenvalue weighted by molar-refractivity contribution is 0.181. The number of benzene rings is 1. The van der Waals surface area contributed by atoms with Crippen LogP contribution >= 0.6 is 0 Å². The lowest BCUT2D eigenvalue weighted by Crippen LogP contribution is -2.35.